The van der Waals surface area contributed by atoms with Crippen LogP contribution in [0.25, 0.3) is 55.1 Å². The molecular weight excluding hydrogens is 588 g/mol. The van der Waals surface area contributed by atoms with Crippen LogP contribution in [-0.4, -0.2) is 51.9 Å². The first-order valence-electron chi connectivity index (χ1n) is 13.7. The third kappa shape index (κ3) is 5.85. The Kier molecular flexibility index (Phi) is 7.21. The lowest BCUT2D eigenvalue weighted by Gasteiger charge is -2.05. The first-order chi connectivity index (χ1) is 22.0. The number of aromatic carboxylic acids is 1. The number of pyridine rings is 2. The molecule has 218 valence electrons. The van der Waals surface area contributed by atoms with Crippen LogP contribution in [0.4, 0.5) is 5.69 Å². The maximum Gasteiger partial charge on any atom is 0.335 e. The van der Waals surface area contributed by atoms with Crippen molar-refractivity contribution in [2.75, 3.05) is 5.32 Å². The van der Waals surface area contributed by atoms with Crippen molar-refractivity contribution in [2.45, 2.75) is 0 Å². The zero-order valence-electron chi connectivity index (χ0n) is 23.3. The van der Waals surface area contributed by atoms with E-state index in [4.69, 9.17) is 5.11 Å². The highest BCUT2D eigenvalue weighted by Gasteiger charge is 2.12. The van der Waals surface area contributed by atoms with E-state index in [9.17, 15) is 9.59 Å². The van der Waals surface area contributed by atoms with E-state index in [0.29, 0.717) is 16.9 Å². The summed E-state index contributed by atoms with van der Waals surface area (Å²) in [5, 5.41) is 11.9. The molecule has 12 heteroatoms. The van der Waals surface area contributed by atoms with Crippen molar-refractivity contribution in [3.05, 3.63) is 120 Å². The van der Waals surface area contributed by atoms with Gasteiger partial charge in [-0.25, -0.2) is 19.7 Å². The highest BCUT2D eigenvalue weighted by molar-refractivity contribution is 7.16. The summed E-state index contributed by atoms with van der Waals surface area (Å²) >= 11 is 1.57. The van der Waals surface area contributed by atoms with Gasteiger partial charge < -0.3 is 20.4 Å². The molecule has 0 atom stereocenters. The van der Waals surface area contributed by atoms with E-state index in [-0.39, 0.29) is 11.5 Å². The molecule has 4 N–H and O–H groups in total. The zero-order valence-corrected chi connectivity index (χ0v) is 24.1. The maximum absolute atomic E-state index is 12.6. The highest BCUT2D eigenvalue weighted by atomic mass is 32.1. The Morgan fingerprint density at radius 2 is 1.24 bits per heavy atom. The molecule has 0 aliphatic heterocycles. The Morgan fingerprint density at radius 1 is 0.667 bits per heavy atom. The number of carboxylic acids is 1. The van der Waals surface area contributed by atoms with Gasteiger partial charge in [0.2, 0.25) is 0 Å². The second-order valence-corrected chi connectivity index (χ2v) is 10.8. The van der Waals surface area contributed by atoms with E-state index in [1.165, 1.54) is 0 Å². The van der Waals surface area contributed by atoms with E-state index in [2.05, 4.69) is 40.2 Å². The van der Waals surface area contributed by atoms with Gasteiger partial charge in [0.1, 0.15) is 11.6 Å². The normalized spacial score (nSPS) is 10.9. The van der Waals surface area contributed by atoms with Crippen molar-refractivity contribution in [1.82, 2.24) is 34.9 Å². The molecule has 0 fully saturated rings. The Morgan fingerprint density at radius 3 is 1.84 bits per heavy atom. The van der Waals surface area contributed by atoms with Crippen LogP contribution in [0.2, 0.25) is 0 Å². The number of hydrogen-bond acceptors (Lipinski definition) is 8. The Hall–Kier alpha value is -6.27. The van der Waals surface area contributed by atoms with Crippen LogP contribution < -0.4 is 5.32 Å². The van der Waals surface area contributed by atoms with Crippen molar-refractivity contribution >= 4 is 61.2 Å². The minimum atomic E-state index is -0.947. The molecule has 5 aromatic heterocycles. The number of imidazole rings is 2. The molecule has 0 bridgehead atoms. The number of anilines is 1. The summed E-state index contributed by atoms with van der Waals surface area (Å²) < 4.78 is 1.09. The molecular formula is C33H22N8O3S. The summed E-state index contributed by atoms with van der Waals surface area (Å²) in [5.41, 5.74) is 9.13. The Labute approximate surface area is 258 Å². The third-order valence-electron chi connectivity index (χ3n) is 6.97. The Balaban J connectivity index is 0.000000157. The standard InChI is InChI=1S/C20H13N5OS.C13H9N3O2/c26-20(23-14-2-4-18-17(10-14)22-11-27-18)13-1-3-15-16(9-13)25-19(24-15)12-5-7-21-8-6-12;17-13(18)9-1-2-10-11(7-9)16-12(15-10)8-3-5-14-6-4-8/h1-11H,(H,23,26)(H,24,25);1-7H,(H,15,16)(H,17,18). The molecule has 45 heavy (non-hydrogen) atoms. The number of rotatable bonds is 5. The van der Waals surface area contributed by atoms with Crippen molar-refractivity contribution in [3.63, 3.8) is 0 Å². The smallest absolute Gasteiger partial charge is 0.335 e. The second kappa shape index (κ2) is 11.8. The van der Waals surface area contributed by atoms with Crippen LogP contribution in [0, 0.1) is 0 Å². The van der Waals surface area contributed by atoms with Crippen LogP contribution in [-0.2, 0) is 0 Å². The second-order valence-electron chi connectivity index (χ2n) is 9.90. The number of nitrogens with one attached hydrogen (secondary N) is 3. The number of carbonyl (C=O) groups is 2. The number of nitrogens with zero attached hydrogens (tertiary/aromatic N) is 5. The summed E-state index contributed by atoms with van der Waals surface area (Å²) in [7, 11) is 0. The minimum Gasteiger partial charge on any atom is -0.478 e. The molecule has 3 aromatic carbocycles. The van der Waals surface area contributed by atoms with Crippen molar-refractivity contribution in [1.29, 1.82) is 0 Å². The molecule has 8 aromatic rings. The van der Waals surface area contributed by atoms with Gasteiger partial charge in [0, 0.05) is 47.2 Å². The van der Waals surface area contributed by atoms with E-state index in [1.807, 2.05) is 54.6 Å². The van der Waals surface area contributed by atoms with Gasteiger partial charge in [0.25, 0.3) is 5.91 Å². The largest absolute Gasteiger partial charge is 0.478 e. The minimum absolute atomic E-state index is 0.174. The quantitative estimate of drug-likeness (QED) is 0.165. The van der Waals surface area contributed by atoms with Gasteiger partial charge in [-0.1, -0.05) is 0 Å². The molecule has 0 saturated heterocycles. The molecule has 1 amide bonds. The summed E-state index contributed by atoms with van der Waals surface area (Å²) in [6.07, 6.45) is 6.82. The molecule has 11 nitrogen and oxygen atoms in total. The number of carboxylic acid groups (broad SMARTS) is 1. The van der Waals surface area contributed by atoms with Crippen LogP contribution >= 0.6 is 11.3 Å². The Bertz CT molecular complexity index is 2310. The molecule has 0 radical (unpaired) electrons. The SMILES string of the molecule is O=C(Nc1ccc2scnc2c1)c1ccc2nc(-c3ccncc3)[nH]c2c1.O=C(O)c1ccc2nc(-c3ccncc3)[nH]c2c1. The predicted octanol–water partition coefficient (Wildman–Crippen LogP) is 6.81. The van der Waals surface area contributed by atoms with Crippen LogP contribution in [0.15, 0.2) is 109 Å². The summed E-state index contributed by atoms with van der Waals surface area (Å²) in [5.74, 6) is 0.331. The van der Waals surface area contributed by atoms with E-state index in [0.717, 1.165) is 49.4 Å². The van der Waals surface area contributed by atoms with Crippen molar-refractivity contribution in [2.24, 2.45) is 0 Å². The number of carbonyl (C=O) groups excluding carboxylic acids is 1. The summed E-state index contributed by atoms with van der Waals surface area (Å²) in [6.45, 7) is 0. The number of hydrogen-bond donors (Lipinski definition) is 4. The third-order valence-corrected chi connectivity index (χ3v) is 7.78. The van der Waals surface area contributed by atoms with Gasteiger partial charge >= 0.3 is 5.97 Å². The van der Waals surface area contributed by atoms with Gasteiger partial charge in [-0.3, -0.25) is 14.8 Å². The van der Waals surface area contributed by atoms with E-state index < -0.39 is 5.97 Å². The molecule has 0 aliphatic carbocycles. The molecule has 8 rings (SSSR count). The number of amides is 1. The van der Waals surface area contributed by atoms with Crippen molar-refractivity contribution < 1.29 is 14.7 Å². The van der Waals surface area contributed by atoms with Gasteiger partial charge in [0.05, 0.1) is 43.4 Å². The summed E-state index contributed by atoms with van der Waals surface area (Å²) in [4.78, 5) is 51.1. The van der Waals surface area contributed by atoms with Gasteiger partial charge in [-0.2, -0.15) is 0 Å². The lowest BCUT2D eigenvalue weighted by Crippen LogP contribution is -2.11. The van der Waals surface area contributed by atoms with Gasteiger partial charge in [0.15, 0.2) is 0 Å². The number of H-pyrrole nitrogens is 2. The lowest BCUT2D eigenvalue weighted by atomic mass is 10.2. The number of aromatic amines is 2. The molecule has 0 unspecified atom stereocenters. The number of fused-ring (bicyclic) bond motifs is 3. The molecule has 5 heterocycles. The average Bonchev–Trinajstić information content (AvgIpc) is 3.83. The molecule has 0 aliphatic rings. The summed E-state index contributed by atoms with van der Waals surface area (Å²) in [6, 6.07) is 23.4. The van der Waals surface area contributed by atoms with Crippen LogP contribution in [0.5, 0.6) is 0 Å². The zero-order chi connectivity index (χ0) is 30.8. The average molecular weight is 611 g/mol. The number of aromatic nitrogens is 7. The number of benzene rings is 3. The van der Waals surface area contributed by atoms with E-state index in [1.54, 1.807) is 65.9 Å². The van der Waals surface area contributed by atoms with Crippen LogP contribution in [0.3, 0.4) is 0 Å². The van der Waals surface area contributed by atoms with Crippen LogP contribution in [0.1, 0.15) is 20.7 Å². The molecule has 0 spiro atoms. The first-order valence-corrected chi connectivity index (χ1v) is 14.6. The topological polar surface area (TPSA) is 162 Å². The van der Waals surface area contributed by atoms with Crippen molar-refractivity contribution in [3.8, 4) is 22.8 Å². The fraction of sp³-hybridized carbons (Fsp3) is 0. The van der Waals surface area contributed by atoms with Gasteiger partial charge in [-0.05, 0) is 78.9 Å². The monoisotopic (exact) mass is 610 g/mol. The van der Waals surface area contributed by atoms with Gasteiger partial charge in [-0.15, -0.1) is 11.3 Å². The highest BCUT2D eigenvalue weighted by Crippen LogP contribution is 2.24. The fourth-order valence-corrected chi connectivity index (χ4v) is 5.38. The fourth-order valence-electron chi connectivity index (χ4n) is 4.73. The maximum atomic E-state index is 12.6. The van der Waals surface area contributed by atoms with E-state index >= 15 is 0 Å². The first kappa shape index (κ1) is 27.6. The number of thiazole rings is 1. The predicted molar refractivity (Wildman–Crippen MR) is 173 cm³/mol. The lowest BCUT2D eigenvalue weighted by molar-refractivity contribution is 0.0696. The molecule has 0 saturated carbocycles.